The van der Waals surface area contributed by atoms with Crippen LogP contribution in [0.4, 0.5) is 10.2 Å². The Hall–Kier alpha value is -1.77. The van der Waals surface area contributed by atoms with E-state index in [4.69, 9.17) is 10.5 Å². The minimum absolute atomic E-state index is 0.0302. The molecule has 0 aromatic carbocycles. The number of ether oxygens (including phenoxy) is 1. The Bertz CT molecular complexity index is 721. The van der Waals surface area contributed by atoms with E-state index in [1.807, 2.05) is 0 Å². The van der Waals surface area contributed by atoms with Gasteiger partial charge in [-0.05, 0) is 19.3 Å². The Labute approximate surface area is 119 Å². The minimum atomic E-state index is -1.28. The Morgan fingerprint density at radius 3 is 3.05 bits per heavy atom. The Kier molecular flexibility index (Phi) is 2.54. The summed E-state index contributed by atoms with van der Waals surface area (Å²) in [6, 6.07) is 0. The summed E-state index contributed by atoms with van der Waals surface area (Å²) in [7, 11) is 0. The molecule has 2 aromatic rings. The fraction of sp³-hybridized carbons (Fsp3) is 0.538. The summed E-state index contributed by atoms with van der Waals surface area (Å²) in [5.74, 6) is -0.550. The number of hydrogen-bond donors (Lipinski definition) is 3. The monoisotopic (exact) mass is 294 g/mol. The molecule has 21 heavy (non-hydrogen) atoms. The molecule has 4 N–H and O–H groups in total. The molecule has 0 radical (unpaired) electrons. The van der Waals surface area contributed by atoms with Crippen molar-refractivity contribution in [3.8, 4) is 0 Å². The van der Waals surface area contributed by atoms with Gasteiger partial charge in [-0.1, -0.05) is 0 Å². The molecule has 1 aliphatic heterocycles. The van der Waals surface area contributed by atoms with Crippen molar-refractivity contribution in [1.82, 2.24) is 14.5 Å². The molecule has 4 atom stereocenters. The first kappa shape index (κ1) is 12.9. The van der Waals surface area contributed by atoms with Crippen molar-refractivity contribution >= 4 is 16.9 Å². The van der Waals surface area contributed by atoms with Crippen LogP contribution in [0.5, 0.6) is 0 Å². The maximum Gasteiger partial charge on any atom is 0.164 e. The molecule has 2 aromatic heterocycles. The second kappa shape index (κ2) is 4.12. The Balaban J connectivity index is 1.84. The summed E-state index contributed by atoms with van der Waals surface area (Å²) in [5.41, 5.74) is 4.63. The number of nitrogens with two attached hydrogens (primary N) is 1. The van der Waals surface area contributed by atoms with Crippen LogP contribution >= 0.6 is 0 Å². The molecule has 3 heterocycles. The number of aliphatic hydroxyl groups excluding tert-OH is 1. The number of anilines is 1. The van der Waals surface area contributed by atoms with Crippen LogP contribution in [0.25, 0.3) is 11.0 Å². The van der Waals surface area contributed by atoms with E-state index in [9.17, 15) is 14.6 Å². The summed E-state index contributed by atoms with van der Waals surface area (Å²) < 4.78 is 21.2. The van der Waals surface area contributed by atoms with Crippen molar-refractivity contribution in [2.45, 2.75) is 43.3 Å². The molecule has 4 unspecified atom stereocenters. The van der Waals surface area contributed by atoms with Gasteiger partial charge in [0.2, 0.25) is 0 Å². The smallest absolute Gasteiger partial charge is 0.164 e. The molecule has 1 saturated carbocycles. The van der Waals surface area contributed by atoms with E-state index >= 15 is 0 Å². The molecule has 7 nitrogen and oxygen atoms in total. The third kappa shape index (κ3) is 1.57. The lowest BCUT2D eigenvalue weighted by Gasteiger charge is -2.25. The first-order valence-electron chi connectivity index (χ1n) is 6.85. The van der Waals surface area contributed by atoms with Crippen LogP contribution in [0.2, 0.25) is 0 Å². The van der Waals surface area contributed by atoms with Crippen molar-refractivity contribution < 1.29 is 19.3 Å². The van der Waals surface area contributed by atoms with Crippen LogP contribution < -0.4 is 5.73 Å². The predicted octanol–water partition coefficient (Wildman–Crippen LogP) is 0.326. The standard InChI is InChI=1S/C13H15FN4O3/c14-6-4-18(11-8(6)10(15)16-5-17-11)12-9(19)13(20)3-1-2-7(13)21-12/h4-5,7,9,12,19-20H,1-3H2,(H2,15,16,17). The zero-order chi connectivity index (χ0) is 14.8. The topological polar surface area (TPSA) is 106 Å². The third-order valence-electron chi connectivity index (χ3n) is 4.55. The predicted molar refractivity (Wildman–Crippen MR) is 70.6 cm³/mol. The number of hydrogen-bond acceptors (Lipinski definition) is 6. The largest absolute Gasteiger partial charge is 0.385 e. The van der Waals surface area contributed by atoms with Crippen LogP contribution in [0.3, 0.4) is 0 Å². The van der Waals surface area contributed by atoms with Crippen molar-refractivity contribution in [3.63, 3.8) is 0 Å². The quantitative estimate of drug-likeness (QED) is 0.699. The zero-order valence-electron chi connectivity index (χ0n) is 11.1. The van der Waals surface area contributed by atoms with Crippen LogP contribution in [0.1, 0.15) is 25.5 Å². The SMILES string of the molecule is Nc1ncnc2c1c(F)cn2C1OC2CCCC2(O)C1O. The van der Waals surface area contributed by atoms with Gasteiger partial charge in [-0.15, -0.1) is 0 Å². The van der Waals surface area contributed by atoms with E-state index < -0.39 is 29.9 Å². The number of rotatable bonds is 1. The van der Waals surface area contributed by atoms with E-state index in [1.165, 1.54) is 17.1 Å². The molecule has 2 aliphatic rings. The molecular formula is C13H15FN4O3. The summed E-state index contributed by atoms with van der Waals surface area (Å²) in [4.78, 5) is 7.78. The molecule has 1 aliphatic carbocycles. The van der Waals surface area contributed by atoms with Crippen molar-refractivity contribution in [1.29, 1.82) is 0 Å². The maximum absolute atomic E-state index is 14.1. The van der Waals surface area contributed by atoms with Gasteiger partial charge in [-0.2, -0.15) is 0 Å². The Morgan fingerprint density at radius 1 is 1.48 bits per heavy atom. The molecule has 1 saturated heterocycles. The zero-order valence-corrected chi connectivity index (χ0v) is 11.1. The molecule has 0 amide bonds. The third-order valence-corrected chi connectivity index (χ3v) is 4.55. The highest BCUT2D eigenvalue weighted by Gasteiger charge is 2.58. The lowest BCUT2D eigenvalue weighted by molar-refractivity contribution is -0.0637. The summed E-state index contributed by atoms with van der Waals surface area (Å²) in [6.45, 7) is 0. The van der Waals surface area contributed by atoms with E-state index in [-0.39, 0.29) is 16.9 Å². The van der Waals surface area contributed by atoms with Crippen molar-refractivity contribution in [2.75, 3.05) is 5.73 Å². The van der Waals surface area contributed by atoms with Crippen LogP contribution in [-0.4, -0.2) is 42.6 Å². The molecule has 4 rings (SSSR count). The van der Waals surface area contributed by atoms with Crippen molar-refractivity contribution in [3.05, 3.63) is 18.3 Å². The molecule has 112 valence electrons. The van der Waals surface area contributed by atoms with E-state index in [0.29, 0.717) is 12.8 Å². The fourth-order valence-corrected chi connectivity index (χ4v) is 3.47. The number of nitrogens with zero attached hydrogens (tertiary/aromatic N) is 3. The molecule has 0 bridgehead atoms. The molecule has 2 fully saturated rings. The summed E-state index contributed by atoms with van der Waals surface area (Å²) in [5, 5.41) is 21.0. The summed E-state index contributed by atoms with van der Waals surface area (Å²) >= 11 is 0. The number of fused-ring (bicyclic) bond motifs is 2. The van der Waals surface area contributed by atoms with Gasteiger partial charge >= 0.3 is 0 Å². The van der Waals surface area contributed by atoms with Gasteiger partial charge in [0.1, 0.15) is 23.9 Å². The lowest BCUT2D eigenvalue weighted by Crippen LogP contribution is -2.43. The fourth-order valence-electron chi connectivity index (χ4n) is 3.47. The maximum atomic E-state index is 14.1. The highest BCUT2D eigenvalue weighted by Crippen LogP contribution is 2.47. The van der Waals surface area contributed by atoms with Gasteiger partial charge in [0.15, 0.2) is 17.7 Å². The van der Waals surface area contributed by atoms with Gasteiger partial charge < -0.3 is 25.3 Å². The summed E-state index contributed by atoms with van der Waals surface area (Å²) in [6.07, 6.45) is 1.85. The van der Waals surface area contributed by atoms with Crippen molar-refractivity contribution in [2.24, 2.45) is 0 Å². The number of aliphatic hydroxyl groups is 2. The number of halogens is 1. The molecular weight excluding hydrogens is 279 g/mol. The van der Waals surface area contributed by atoms with Crippen LogP contribution in [-0.2, 0) is 4.74 Å². The van der Waals surface area contributed by atoms with Gasteiger partial charge in [-0.3, -0.25) is 0 Å². The average molecular weight is 294 g/mol. The average Bonchev–Trinajstić information content (AvgIpc) is 3.04. The number of aromatic nitrogens is 3. The number of nitrogen functional groups attached to an aromatic ring is 1. The second-order valence-electron chi connectivity index (χ2n) is 5.69. The van der Waals surface area contributed by atoms with E-state index in [2.05, 4.69) is 9.97 Å². The minimum Gasteiger partial charge on any atom is -0.385 e. The highest BCUT2D eigenvalue weighted by molar-refractivity contribution is 5.86. The first-order chi connectivity index (χ1) is 10.0. The van der Waals surface area contributed by atoms with Gasteiger partial charge in [0.25, 0.3) is 0 Å². The van der Waals surface area contributed by atoms with Gasteiger partial charge in [0.05, 0.1) is 11.5 Å². The molecule has 0 spiro atoms. The normalized spacial score (nSPS) is 35.5. The first-order valence-corrected chi connectivity index (χ1v) is 6.85. The lowest BCUT2D eigenvalue weighted by atomic mass is 9.94. The highest BCUT2D eigenvalue weighted by atomic mass is 19.1. The van der Waals surface area contributed by atoms with Gasteiger partial charge in [-0.25, -0.2) is 14.4 Å². The van der Waals surface area contributed by atoms with Crippen LogP contribution in [0, 0.1) is 5.82 Å². The van der Waals surface area contributed by atoms with E-state index in [1.54, 1.807) is 0 Å². The Morgan fingerprint density at radius 2 is 2.29 bits per heavy atom. The van der Waals surface area contributed by atoms with Crippen LogP contribution in [0.15, 0.2) is 12.5 Å². The van der Waals surface area contributed by atoms with Gasteiger partial charge in [0, 0.05) is 6.20 Å². The molecule has 8 heteroatoms. The van der Waals surface area contributed by atoms with E-state index in [0.717, 1.165) is 6.42 Å². The second-order valence-corrected chi connectivity index (χ2v) is 5.69.